The molecule has 0 unspecified atom stereocenters. The van der Waals surface area contributed by atoms with Gasteiger partial charge in [0, 0.05) is 7.05 Å². The minimum absolute atomic E-state index is 0.0542. The number of ether oxygens (including phenoxy) is 1. The second-order valence-corrected chi connectivity index (χ2v) is 7.51. The number of aryl methyl sites for hydroxylation is 1. The molecule has 2 rings (SSSR count). The van der Waals surface area contributed by atoms with E-state index in [9.17, 15) is 4.79 Å². The summed E-state index contributed by atoms with van der Waals surface area (Å²) >= 11 is 1.64. The van der Waals surface area contributed by atoms with Gasteiger partial charge in [0.15, 0.2) is 0 Å². The van der Waals surface area contributed by atoms with Gasteiger partial charge in [0.1, 0.15) is 5.60 Å². The Bertz CT molecular complexity index is 671. The summed E-state index contributed by atoms with van der Waals surface area (Å²) in [5.74, 6) is 0. The number of carbonyl (C=O) groups excluding carboxylic acids is 1. The number of nitrogens with zero attached hydrogens (tertiary/aromatic N) is 2. The molecule has 1 aromatic carbocycles. The van der Waals surface area contributed by atoms with Gasteiger partial charge in [-0.2, -0.15) is 0 Å². The lowest BCUT2D eigenvalue weighted by Crippen LogP contribution is -2.35. The topological polar surface area (TPSA) is 42.4 Å². The number of hydrogen-bond donors (Lipinski definition) is 0. The van der Waals surface area contributed by atoms with E-state index in [1.165, 1.54) is 4.88 Å². The van der Waals surface area contributed by atoms with Gasteiger partial charge in [-0.15, -0.1) is 11.3 Å². The largest absolute Gasteiger partial charge is 0.444 e. The van der Waals surface area contributed by atoms with Gasteiger partial charge in [0.2, 0.25) is 0 Å². The van der Waals surface area contributed by atoms with Crippen LogP contribution in [0.4, 0.5) is 4.79 Å². The number of rotatable bonds is 3. The van der Waals surface area contributed by atoms with E-state index >= 15 is 0 Å². The van der Waals surface area contributed by atoms with Crippen molar-refractivity contribution in [2.45, 2.75) is 46.3 Å². The van der Waals surface area contributed by atoms with Gasteiger partial charge in [-0.25, -0.2) is 9.78 Å². The third-order valence-corrected chi connectivity index (χ3v) is 4.64. The zero-order valence-corrected chi connectivity index (χ0v) is 15.4. The molecule has 1 atom stereocenters. The molecule has 1 heterocycles. The molecule has 2 aromatic rings. The summed E-state index contributed by atoms with van der Waals surface area (Å²) in [5, 5.41) is 0. The second-order valence-electron chi connectivity index (χ2n) is 6.66. The molecular weight excluding hydrogens is 308 g/mol. The summed E-state index contributed by atoms with van der Waals surface area (Å²) in [6.07, 6.45) is -0.313. The van der Waals surface area contributed by atoms with Crippen molar-refractivity contribution in [2.75, 3.05) is 7.05 Å². The number of benzene rings is 1. The first-order chi connectivity index (χ1) is 10.7. The lowest BCUT2D eigenvalue weighted by Gasteiger charge is -2.29. The van der Waals surface area contributed by atoms with Gasteiger partial charge in [-0.05, 0) is 45.7 Å². The molecule has 0 spiro atoms. The Morgan fingerprint density at radius 3 is 2.35 bits per heavy atom. The summed E-state index contributed by atoms with van der Waals surface area (Å²) in [4.78, 5) is 19.3. The van der Waals surface area contributed by atoms with E-state index in [0.717, 1.165) is 16.8 Å². The highest BCUT2D eigenvalue weighted by molar-refractivity contribution is 7.13. The highest BCUT2D eigenvalue weighted by Gasteiger charge is 2.23. The van der Waals surface area contributed by atoms with Crippen LogP contribution in [-0.2, 0) is 4.74 Å². The Hall–Kier alpha value is -1.88. The van der Waals surface area contributed by atoms with E-state index in [-0.39, 0.29) is 12.1 Å². The van der Waals surface area contributed by atoms with Crippen molar-refractivity contribution in [2.24, 2.45) is 0 Å². The van der Waals surface area contributed by atoms with E-state index in [2.05, 4.69) is 29.2 Å². The quantitative estimate of drug-likeness (QED) is 0.790. The SMILES string of the molecule is Cc1ncsc1-c1ccc([C@H](C)N(C)C(=O)OC(C)(C)C)cc1. The van der Waals surface area contributed by atoms with Crippen LogP contribution in [0.15, 0.2) is 29.8 Å². The number of thiazole rings is 1. The van der Waals surface area contributed by atoms with Crippen LogP contribution in [0.2, 0.25) is 0 Å². The fourth-order valence-corrected chi connectivity index (χ4v) is 3.02. The number of aromatic nitrogens is 1. The lowest BCUT2D eigenvalue weighted by molar-refractivity contribution is 0.0234. The second kappa shape index (κ2) is 6.71. The maximum absolute atomic E-state index is 12.2. The van der Waals surface area contributed by atoms with Gasteiger partial charge in [-0.1, -0.05) is 24.3 Å². The molecule has 0 aliphatic carbocycles. The van der Waals surface area contributed by atoms with Crippen LogP contribution in [0.25, 0.3) is 10.4 Å². The van der Waals surface area contributed by atoms with Crippen molar-refractivity contribution >= 4 is 17.4 Å². The molecule has 1 amide bonds. The molecule has 1 aromatic heterocycles. The van der Waals surface area contributed by atoms with Gasteiger partial charge in [-0.3, -0.25) is 0 Å². The average molecular weight is 332 g/mol. The fraction of sp³-hybridized carbons (Fsp3) is 0.444. The zero-order valence-electron chi connectivity index (χ0n) is 14.6. The number of carbonyl (C=O) groups is 1. The highest BCUT2D eigenvalue weighted by atomic mass is 32.1. The van der Waals surface area contributed by atoms with Crippen molar-refractivity contribution in [1.82, 2.24) is 9.88 Å². The molecule has 0 aliphatic rings. The van der Waals surface area contributed by atoms with Crippen LogP contribution < -0.4 is 0 Å². The molecular formula is C18H24N2O2S. The maximum atomic E-state index is 12.2. The molecule has 0 saturated heterocycles. The van der Waals surface area contributed by atoms with E-state index in [0.29, 0.717) is 0 Å². The molecule has 4 nitrogen and oxygen atoms in total. The predicted molar refractivity (Wildman–Crippen MR) is 94.7 cm³/mol. The van der Waals surface area contributed by atoms with Crippen LogP contribution in [0.3, 0.4) is 0 Å². The smallest absolute Gasteiger partial charge is 0.410 e. The van der Waals surface area contributed by atoms with Crippen molar-refractivity contribution in [3.05, 3.63) is 41.0 Å². The Morgan fingerprint density at radius 1 is 1.26 bits per heavy atom. The number of amides is 1. The van der Waals surface area contributed by atoms with Crippen molar-refractivity contribution in [3.8, 4) is 10.4 Å². The van der Waals surface area contributed by atoms with Crippen molar-refractivity contribution < 1.29 is 9.53 Å². The summed E-state index contributed by atoms with van der Waals surface area (Å²) < 4.78 is 5.42. The first-order valence-corrected chi connectivity index (χ1v) is 8.53. The van der Waals surface area contributed by atoms with Crippen LogP contribution in [0.5, 0.6) is 0 Å². The molecule has 124 valence electrons. The van der Waals surface area contributed by atoms with Crippen LogP contribution in [-0.4, -0.2) is 28.6 Å². The predicted octanol–water partition coefficient (Wildman–Crippen LogP) is 5.05. The van der Waals surface area contributed by atoms with Crippen LogP contribution in [0, 0.1) is 6.92 Å². The first-order valence-electron chi connectivity index (χ1n) is 7.65. The molecule has 0 aliphatic heterocycles. The maximum Gasteiger partial charge on any atom is 0.410 e. The summed E-state index contributed by atoms with van der Waals surface area (Å²) in [6, 6.07) is 8.21. The molecule has 5 heteroatoms. The van der Waals surface area contributed by atoms with Gasteiger partial charge >= 0.3 is 6.09 Å². The van der Waals surface area contributed by atoms with Crippen molar-refractivity contribution in [3.63, 3.8) is 0 Å². The lowest BCUT2D eigenvalue weighted by atomic mass is 10.0. The highest BCUT2D eigenvalue weighted by Crippen LogP contribution is 2.29. The Balaban J connectivity index is 2.12. The summed E-state index contributed by atoms with van der Waals surface area (Å²) in [5.41, 5.74) is 4.64. The average Bonchev–Trinajstić information content (AvgIpc) is 2.90. The molecule has 0 saturated carbocycles. The van der Waals surface area contributed by atoms with E-state index < -0.39 is 5.60 Å². The molecule has 0 bridgehead atoms. The standard InChI is InChI=1S/C18H24N2O2S/c1-12-16(23-11-19-12)15-9-7-14(8-10-15)13(2)20(6)17(21)22-18(3,4)5/h7-11,13H,1-6H3/t13-/m0/s1. The zero-order chi connectivity index (χ0) is 17.2. The monoisotopic (exact) mass is 332 g/mol. The summed E-state index contributed by atoms with van der Waals surface area (Å²) in [6.45, 7) is 9.62. The molecule has 0 radical (unpaired) electrons. The van der Waals surface area contributed by atoms with Gasteiger partial charge in [0.25, 0.3) is 0 Å². The third-order valence-electron chi connectivity index (χ3n) is 3.66. The normalized spacial score (nSPS) is 12.8. The molecule has 0 fully saturated rings. The minimum atomic E-state index is -0.487. The van der Waals surface area contributed by atoms with E-state index in [4.69, 9.17) is 4.74 Å². The Morgan fingerprint density at radius 2 is 1.87 bits per heavy atom. The van der Waals surface area contributed by atoms with Crippen LogP contribution in [0.1, 0.15) is 45.0 Å². The summed E-state index contributed by atoms with van der Waals surface area (Å²) in [7, 11) is 1.76. The third kappa shape index (κ3) is 4.32. The van der Waals surface area contributed by atoms with Gasteiger partial charge < -0.3 is 9.64 Å². The minimum Gasteiger partial charge on any atom is -0.444 e. The van der Waals surface area contributed by atoms with Crippen LogP contribution >= 0.6 is 11.3 Å². The van der Waals surface area contributed by atoms with E-state index in [1.807, 2.05) is 40.1 Å². The molecule has 0 N–H and O–H groups in total. The fourth-order valence-electron chi connectivity index (χ4n) is 2.21. The van der Waals surface area contributed by atoms with Gasteiger partial charge in [0.05, 0.1) is 22.1 Å². The molecule has 23 heavy (non-hydrogen) atoms. The first kappa shape index (κ1) is 17.5. The Labute approximate surface area is 142 Å². The van der Waals surface area contributed by atoms with E-state index in [1.54, 1.807) is 23.3 Å². The number of hydrogen-bond acceptors (Lipinski definition) is 4. The van der Waals surface area contributed by atoms with Crippen molar-refractivity contribution in [1.29, 1.82) is 0 Å². The Kier molecular flexibility index (Phi) is 5.09.